The van der Waals surface area contributed by atoms with E-state index < -0.39 is 18.5 Å². The molecule has 0 aliphatic carbocycles. The molecule has 1 aromatic heterocycles. The van der Waals surface area contributed by atoms with Crippen LogP contribution in [0.15, 0.2) is 41.1 Å². The lowest BCUT2D eigenvalue weighted by Gasteiger charge is -2.43. The first kappa shape index (κ1) is 21.2. The van der Waals surface area contributed by atoms with Gasteiger partial charge in [0.25, 0.3) is 0 Å². The van der Waals surface area contributed by atoms with Crippen LogP contribution in [0, 0.1) is 0 Å². The monoisotopic (exact) mass is 422 g/mol. The Morgan fingerprint density at radius 1 is 1.25 bits per heavy atom. The van der Waals surface area contributed by atoms with Gasteiger partial charge in [-0.15, -0.1) is 0 Å². The van der Waals surface area contributed by atoms with Crippen molar-refractivity contribution in [2.24, 2.45) is 5.73 Å². The number of aliphatic carboxylic acids is 1. The van der Waals surface area contributed by atoms with Gasteiger partial charge in [-0.3, -0.25) is 14.3 Å². The average Bonchev–Trinajstić information content (AvgIpc) is 3.13. The van der Waals surface area contributed by atoms with Gasteiger partial charge >= 0.3 is 5.97 Å². The van der Waals surface area contributed by atoms with Gasteiger partial charge in [0.15, 0.2) is 5.16 Å². The number of benzene rings is 1. The summed E-state index contributed by atoms with van der Waals surface area (Å²) in [6, 6.07) is 10.1. The molecule has 4 N–H and O–H groups in total. The molecule has 1 aliphatic rings. The van der Waals surface area contributed by atoms with Crippen LogP contribution in [0.4, 0.5) is 0 Å². The second-order valence-corrected chi connectivity index (χ2v) is 10.8. The molecule has 1 aliphatic heterocycles. The first-order valence-corrected chi connectivity index (χ1v) is 12.3. The molecule has 0 spiro atoms. The highest BCUT2D eigenvalue weighted by atomic mass is 32.1. The van der Waals surface area contributed by atoms with E-state index in [9.17, 15) is 19.4 Å². The van der Waals surface area contributed by atoms with E-state index in [-0.39, 0.29) is 19.1 Å². The minimum atomic E-state index is -3.80. The lowest BCUT2D eigenvalue weighted by molar-refractivity contribution is -0.141. The summed E-state index contributed by atoms with van der Waals surface area (Å²) in [7, 11) is -3.80. The van der Waals surface area contributed by atoms with Gasteiger partial charge in [0, 0.05) is 25.8 Å². The van der Waals surface area contributed by atoms with Crippen LogP contribution in [-0.2, 0) is 15.9 Å². The Morgan fingerprint density at radius 2 is 2.00 bits per heavy atom. The lowest BCUT2D eigenvalue weighted by Crippen LogP contribution is -2.53. The van der Waals surface area contributed by atoms with Crippen LogP contribution in [0.1, 0.15) is 24.8 Å². The first-order valence-electron chi connectivity index (χ1n) is 9.48. The molecule has 2 aromatic rings. The molecule has 0 amide bonds. The van der Waals surface area contributed by atoms with Crippen molar-refractivity contribution >= 4 is 24.7 Å². The number of carboxylic acid groups (broad SMARTS) is 1. The van der Waals surface area contributed by atoms with Crippen molar-refractivity contribution in [2.75, 3.05) is 25.8 Å². The van der Waals surface area contributed by atoms with Gasteiger partial charge in [0.05, 0.1) is 0 Å². The summed E-state index contributed by atoms with van der Waals surface area (Å²) in [5.74, 6) is -1.17. The number of carbonyl (C=O) groups is 1. The smallest absolute Gasteiger partial charge is 0.320 e. The standard InChI is InChI=1S/C20H27N2O4PS/c21-9-5-4-8-20(19(23)24)15-22(10-11-27(20,25)26)12-17-13-28-14-18(17)16-6-2-1-3-7-16/h1-3,6-7,13-14H,4-5,8-12,15,21H2,(H,23,24)(H,25,26). The van der Waals surface area contributed by atoms with E-state index in [2.05, 4.69) is 22.9 Å². The number of rotatable bonds is 8. The van der Waals surface area contributed by atoms with Crippen molar-refractivity contribution in [1.82, 2.24) is 4.90 Å². The third-order valence-electron chi connectivity index (χ3n) is 5.54. The molecule has 0 saturated carbocycles. The highest BCUT2D eigenvalue weighted by Crippen LogP contribution is 2.59. The minimum Gasteiger partial charge on any atom is -0.480 e. The molecule has 3 rings (SSSR count). The zero-order chi connectivity index (χ0) is 20.2. The van der Waals surface area contributed by atoms with E-state index in [1.807, 2.05) is 23.1 Å². The van der Waals surface area contributed by atoms with E-state index >= 15 is 0 Å². The van der Waals surface area contributed by atoms with Crippen molar-refractivity contribution < 1.29 is 19.4 Å². The number of carboxylic acids is 1. The molecular formula is C20H27N2O4PS. The summed E-state index contributed by atoms with van der Waals surface area (Å²) in [6.45, 7) is 1.53. The zero-order valence-electron chi connectivity index (χ0n) is 15.8. The summed E-state index contributed by atoms with van der Waals surface area (Å²) in [5.41, 5.74) is 8.90. The SMILES string of the molecule is NCCCCC1(C(=O)O)CN(Cc2cscc2-c2ccccc2)CCP1(=O)O. The Kier molecular flexibility index (Phi) is 6.73. The summed E-state index contributed by atoms with van der Waals surface area (Å²) in [5, 5.41) is 12.5. The highest BCUT2D eigenvalue weighted by Gasteiger charge is 2.56. The molecule has 2 unspecified atom stereocenters. The summed E-state index contributed by atoms with van der Waals surface area (Å²) < 4.78 is 12.9. The number of hydrogen-bond acceptors (Lipinski definition) is 5. The van der Waals surface area contributed by atoms with Crippen LogP contribution in [0.2, 0.25) is 0 Å². The van der Waals surface area contributed by atoms with Gasteiger partial charge in [-0.05, 0) is 46.8 Å². The fourth-order valence-corrected chi connectivity index (χ4v) is 6.95. The Bertz CT molecular complexity index is 857. The number of nitrogens with two attached hydrogens (primary N) is 1. The van der Waals surface area contributed by atoms with Crippen molar-refractivity contribution in [1.29, 1.82) is 0 Å². The first-order chi connectivity index (χ1) is 13.4. The maximum absolute atomic E-state index is 12.9. The van der Waals surface area contributed by atoms with Gasteiger partial charge in [-0.25, -0.2) is 0 Å². The van der Waals surface area contributed by atoms with Gasteiger partial charge < -0.3 is 15.7 Å². The molecule has 0 radical (unpaired) electrons. The van der Waals surface area contributed by atoms with E-state index in [1.54, 1.807) is 11.3 Å². The van der Waals surface area contributed by atoms with Crippen LogP contribution in [0.5, 0.6) is 0 Å². The number of thiophene rings is 1. The van der Waals surface area contributed by atoms with Crippen molar-refractivity contribution in [3.8, 4) is 11.1 Å². The predicted molar refractivity (Wildman–Crippen MR) is 113 cm³/mol. The molecule has 2 heterocycles. The Hall–Kier alpha value is -1.50. The summed E-state index contributed by atoms with van der Waals surface area (Å²) in [4.78, 5) is 24.7. The molecule has 152 valence electrons. The number of hydrogen-bond donors (Lipinski definition) is 3. The normalized spacial score (nSPS) is 25.6. The van der Waals surface area contributed by atoms with Crippen LogP contribution < -0.4 is 5.73 Å². The summed E-state index contributed by atoms with van der Waals surface area (Å²) in [6.07, 6.45) is 1.37. The Labute approximate surface area is 169 Å². The Balaban J connectivity index is 1.82. The number of unbranched alkanes of at least 4 members (excludes halogenated alkanes) is 1. The Morgan fingerprint density at radius 3 is 2.68 bits per heavy atom. The van der Waals surface area contributed by atoms with Gasteiger partial charge in [-0.2, -0.15) is 11.3 Å². The molecule has 1 saturated heterocycles. The van der Waals surface area contributed by atoms with Crippen LogP contribution >= 0.6 is 18.7 Å². The largest absolute Gasteiger partial charge is 0.480 e. The molecule has 28 heavy (non-hydrogen) atoms. The molecule has 0 bridgehead atoms. The summed E-state index contributed by atoms with van der Waals surface area (Å²) >= 11 is 1.61. The van der Waals surface area contributed by atoms with Gasteiger partial charge in [0.2, 0.25) is 7.37 Å². The second kappa shape index (κ2) is 8.89. The van der Waals surface area contributed by atoms with Crippen LogP contribution in [-0.4, -0.2) is 51.8 Å². The van der Waals surface area contributed by atoms with Crippen LogP contribution in [0.3, 0.4) is 0 Å². The second-order valence-electron chi connectivity index (χ2n) is 7.40. The molecule has 6 nitrogen and oxygen atoms in total. The minimum absolute atomic E-state index is 0.00668. The lowest BCUT2D eigenvalue weighted by atomic mass is 9.98. The average molecular weight is 422 g/mol. The van der Waals surface area contributed by atoms with Crippen molar-refractivity contribution in [2.45, 2.75) is 31.0 Å². The van der Waals surface area contributed by atoms with E-state index in [1.165, 1.54) is 0 Å². The van der Waals surface area contributed by atoms with E-state index in [4.69, 9.17) is 5.73 Å². The fraction of sp³-hybridized carbons (Fsp3) is 0.450. The maximum Gasteiger partial charge on any atom is 0.320 e. The molecule has 1 fully saturated rings. The number of nitrogens with zero attached hydrogens (tertiary/aromatic N) is 1. The third-order valence-corrected chi connectivity index (χ3v) is 9.03. The molecule has 2 atom stereocenters. The molecule has 8 heteroatoms. The van der Waals surface area contributed by atoms with Crippen molar-refractivity contribution in [3.05, 3.63) is 46.7 Å². The third kappa shape index (κ3) is 4.24. The van der Waals surface area contributed by atoms with E-state index in [0.717, 1.165) is 16.7 Å². The molecule has 1 aromatic carbocycles. The topological polar surface area (TPSA) is 104 Å². The van der Waals surface area contributed by atoms with Gasteiger partial charge in [0.1, 0.15) is 0 Å². The maximum atomic E-state index is 12.9. The van der Waals surface area contributed by atoms with Crippen molar-refractivity contribution in [3.63, 3.8) is 0 Å². The quantitative estimate of drug-likeness (QED) is 0.445. The zero-order valence-corrected chi connectivity index (χ0v) is 17.5. The van der Waals surface area contributed by atoms with Gasteiger partial charge in [-0.1, -0.05) is 36.8 Å². The van der Waals surface area contributed by atoms with Crippen LogP contribution in [0.25, 0.3) is 11.1 Å². The highest BCUT2D eigenvalue weighted by molar-refractivity contribution is 7.61. The van der Waals surface area contributed by atoms with E-state index in [0.29, 0.717) is 32.5 Å². The fourth-order valence-electron chi connectivity index (χ4n) is 3.88. The molecular weight excluding hydrogens is 395 g/mol. The predicted octanol–water partition coefficient (Wildman–Crippen LogP) is 3.45.